The normalized spacial score (nSPS) is 14.1. The molecule has 19 heavy (non-hydrogen) atoms. The van der Waals surface area contributed by atoms with Crippen LogP contribution < -0.4 is 10.1 Å². The smallest absolute Gasteiger partial charge is 0.124 e. The number of para-hydroxylation sites is 1. The van der Waals surface area contributed by atoms with Crippen LogP contribution in [0.1, 0.15) is 45.2 Å². The number of rotatable bonds is 9. The summed E-state index contributed by atoms with van der Waals surface area (Å²) in [6, 6.07) is 8.87. The van der Waals surface area contributed by atoms with Gasteiger partial charge in [0, 0.05) is 24.8 Å². The summed E-state index contributed by atoms with van der Waals surface area (Å²) < 4.78 is 11.0. The molecule has 2 unspecified atom stereocenters. The van der Waals surface area contributed by atoms with Crippen LogP contribution in [0, 0.1) is 0 Å². The molecular formula is C16H27NO2. The quantitative estimate of drug-likeness (QED) is 0.740. The second kappa shape index (κ2) is 8.94. The van der Waals surface area contributed by atoms with Gasteiger partial charge in [-0.05, 0) is 26.3 Å². The zero-order chi connectivity index (χ0) is 14.1. The predicted octanol–water partition coefficient (Wildman–Crippen LogP) is 3.55. The van der Waals surface area contributed by atoms with Crippen molar-refractivity contribution in [2.45, 2.75) is 45.7 Å². The van der Waals surface area contributed by atoms with E-state index in [1.165, 1.54) is 5.56 Å². The van der Waals surface area contributed by atoms with Crippen LogP contribution in [0.15, 0.2) is 24.3 Å². The summed E-state index contributed by atoms with van der Waals surface area (Å²) >= 11 is 0. The Kier molecular flexibility index (Phi) is 7.53. The van der Waals surface area contributed by atoms with E-state index in [1.807, 2.05) is 19.1 Å². The van der Waals surface area contributed by atoms with E-state index in [0.717, 1.165) is 25.2 Å². The van der Waals surface area contributed by atoms with Crippen molar-refractivity contribution in [1.29, 1.82) is 0 Å². The van der Waals surface area contributed by atoms with E-state index < -0.39 is 0 Å². The largest absolute Gasteiger partial charge is 0.494 e. The lowest BCUT2D eigenvalue weighted by atomic mass is 10.0. The summed E-state index contributed by atoms with van der Waals surface area (Å²) in [6.45, 7) is 7.83. The number of nitrogens with one attached hydrogen (secondary N) is 1. The summed E-state index contributed by atoms with van der Waals surface area (Å²) in [7, 11) is 1.75. The minimum absolute atomic E-state index is 0.259. The lowest BCUT2D eigenvalue weighted by Gasteiger charge is -2.24. The van der Waals surface area contributed by atoms with Crippen LogP contribution in [-0.4, -0.2) is 26.4 Å². The maximum Gasteiger partial charge on any atom is 0.124 e. The maximum atomic E-state index is 5.69. The van der Waals surface area contributed by atoms with Crippen molar-refractivity contribution >= 4 is 0 Å². The zero-order valence-electron chi connectivity index (χ0n) is 12.6. The Hall–Kier alpha value is -1.06. The molecule has 1 aromatic rings. The summed E-state index contributed by atoms with van der Waals surface area (Å²) in [5, 5.41) is 3.63. The SMILES string of the molecule is CCCC(COC)NC(C)c1ccccc1OCC. The molecule has 0 amide bonds. The fraction of sp³-hybridized carbons (Fsp3) is 0.625. The van der Waals surface area contributed by atoms with E-state index in [-0.39, 0.29) is 6.04 Å². The third-order valence-electron chi connectivity index (χ3n) is 3.18. The number of benzene rings is 1. The Balaban J connectivity index is 2.72. The molecule has 2 atom stereocenters. The van der Waals surface area contributed by atoms with E-state index >= 15 is 0 Å². The molecule has 0 spiro atoms. The molecule has 0 fully saturated rings. The van der Waals surface area contributed by atoms with Gasteiger partial charge in [-0.25, -0.2) is 0 Å². The van der Waals surface area contributed by atoms with Gasteiger partial charge < -0.3 is 14.8 Å². The summed E-state index contributed by atoms with van der Waals surface area (Å²) in [5.74, 6) is 0.970. The van der Waals surface area contributed by atoms with Crippen molar-refractivity contribution in [2.24, 2.45) is 0 Å². The highest BCUT2D eigenvalue weighted by atomic mass is 16.5. The number of ether oxygens (including phenoxy) is 2. The Labute approximate surface area is 117 Å². The van der Waals surface area contributed by atoms with Gasteiger partial charge in [-0.1, -0.05) is 31.5 Å². The first-order chi connectivity index (χ1) is 9.22. The zero-order valence-corrected chi connectivity index (χ0v) is 12.6. The van der Waals surface area contributed by atoms with Gasteiger partial charge in [-0.3, -0.25) is 0 Å². The minimum Gasteiger partial charge on any atom is -0.494 e. The average Bonchev–Trinajstić information content (AvgIpc) is 2.40. The molecule has 0 aromatic heterocycles. The first kappa shape index (κ1) is 16.0. The lowest BCUT2D eigenvalue weighted by Crippen LogP contribution is -2.35. The monoisotopic (exact) mass is 265 g/mol. The Morgan fingerprint density at radius 1 is 1.21 bits per heavy atom. The Morgan fingerprint density at radius 2 is 1.95 bits per heavy atom. The first-order valence-electron chi connectivity index (χ1n) is 7.19. The fourth-order valence-electron chi connectivity index (χ4n) is 2.33. The standard InChI is InChI=1S/C16H27NO2/c1-5-9-14(12-18-4)17-13(3)15-10-7-8-11-16(15)19-6-2/h7-8,10-11,13-14,17H,5-6,9,12H2,1-4H3. The highest BCUT2D eigenvalue weighted by Crippen LogP contribution is 2.25. The van der Waals surface area contributed by atoms with E-state index in [1.54, 1.807) is 7.11 Å². The third kappa shape index (κ3) is 5.21. The number of methoxy groups -OCH3 is 1. The van der Waals surface area contributed by atoms with Crippen LogP contribution in [0.3, 0.4) is 0 Å². The van der Waals surface area contributed by atoms with Gasteiger partial charge in [-0.15, -0.1) is 0 Å². The topological polar surface area (TPSA) is 30.5 Å². The molecule has 3 heteroatoms. The van der Waals surface area contributed by atoms with Crippen molar-refractivity contribution in [3.8, 4) is 5.75 Å². The summed E-state index contributed by atoms with van der Waals surface area (Å²) in [6.07, 6.45) is 2.27. The predicted molar refractivity (Wildman–Crippen MR) is 79.7 cm³/mol. The van der Waals surface area contributed by atoms with E-state index in [0.29, 0.717) is 12.6 Å². The van der Waals surface area contributed by atoms with Crippen molar-refractivity contribution in [3.63, 3.8) is 0 Å². The van der Waals surface area contributed by atoms with Gasteiger partial charge in [0.1, 0.15) is 5.75 Å². The van der Waals surface area contributed by atoms with Gasteiger partial charge in [-0.2, -0.15) is 0 Å². The van der Waals surface area contributed by atoms with E-state index in [4.69, 9.17) is 9.47 Å². The molecule has 1 aromatic carbocycles. The van der Waals surface area contributed by atoms with Gasteiger partial charge in [0.15, 0.2) is 0 Å². The van der Waals surface area contributed by atoms with Gasteiger partial charge >= 0.3 is 0 Å². The number of hydrogen-bond acceptors (Lipinski definition) is 3. The van der Waals surface area contributed by atoms with Crippen molar-refractivity contribution in [1.82, 2.24) is 5.32 Å². The molecule has 0 aliphatic heterocycles. The molecule has 0 bridgehead atoms. The molecule has 3 nitrogen and oxygen atoms in total. The van der Waals surface area contributed by atoms with Gasteiger partial charge in [0.05, 0.1) is 13.2 Å². The molecule has 0 heterocycles. The molecular weight excluding hydrogens is 238 g/mol. The van der Waals surface area contributed by atoms with Gasteiger partial charge in [0.25, 0.3) is 0 Å². The Morgan fingerprint density at radius 3 is 2.58 bits per heavy atom. The Bertz CT molecular complexity index is 348. The van der Waals surface area contributed by atoms with Crippen molar-refractivity contribution < 1.29 is 9.47 Å². The molecule has 1 rings (SSSR count). The van der Waals surface area contributed by atoms with Crippen molar-refractivity contribution in [3.05, 3.63) is 29.8 Å². The highest BCUT2D eigenvalue weighted by molar-refractivity contribution is 5.35. The van der Waals surface area contributed by atoms with Crippen LogP contribution in [0.5, 0.6) is 5.75 Å². The van der Waals surface area contributed by atoms with Crippen LogP contribution >= 0.6 is 0 Å². The highest BCUT2D eigenvalue weighted by Gasteiger charge is 2.15. The van der Waals surface area contributed by atoms with Crippen LogP contribution in [0.25, 0.3) is 0 Å². The average molecular weight is 265 g/mol. The van der Waals surface area contributed by atoms with Crippen LogP contribution in [0.4, 0.5) is 0 Å². The molecule has 0 saturated carbocycles. The molecule has 1 N–H and O–H groups in total. The van der Waals surface area contributed by atoms with Crippen LogP contribution in [0.2, 0.25) is 0 Å². The second-order valence-corrected chi connectivity index (χ2v) is 4.80. The van der Waals surface area contributed by atoms with Gasteiger partial charge in [0.2, 0.25) is 0 Å². The second-order valence-electron chi connectivity index (χ2n) is 4.80. The lowest BCUT2D eigenvalue weighted by molar-refractivity contribution is 0.156. The minimum atomic E-state index is 0.259. The third-order valence-corrected chi connectivity index (χ3v) is 3.18. The first-order valence-corrected chi connectivity index (χ1v) is 7.19. The number of hydrogen-bond donors (Lipinski definition) is 1. The summed E-state index contributed by atoms with van der Waals surface area (Å²) in [4.78, 5) is 0. The molecule has 0 aliphatic carbocycles. The van der Waals surface area contributed by atoms with Crippen molar-refractivity contribution in [2.75, 3.05) is 20.3 Å². The molecule has 0 saturated heterocycles. The maximum absolute atomic E-state index is 5.69. The molecule has 0 aliphatic rings. The molecule has 0 radical (unpaired) electrons. The van der Waals surface area contributed by atoms with E-state index in [2.05, 4.69) is 31.3 Å². The molecule has 108 valence electrons. The van der Waals surface area contributed by atoms with Crippen LogP contribution in [-0.2, 0) is 4.74 Å². The summed E-state index contributed by atoms with van der Waals surface area (Å²) in [5.41, 5.74) is 1.21. The fourth-order valence-corrected chi connectivity index (χ4v) is 2.33. The van der Waals surface area contributed by atoms with E-state index in [9.17, 15) is 0 Å².